The molecule has 0 saturated carbocycles. The fraction of sp³-hybridized carbons (Fsp3) is 0.412. The molecule has 0 atom stereocenters. The molecule has 0 spiro atoms. The van der Waals surface area contributed by atoms with Crippen molar-refractivity contribution in [2.24, 2.45) is 0 Å². The molecule has 1 aromatic rings. The van der Waals surface area contributed by atoms with E-state index < -0.39 is 5.97 Å². The Morgan fingerprint density at radius 1 is 1.35 bits per heavy atom. The summed E-state index contributed by atoms with van der Waals surface area (Å²) in [5.74, 6) is -0.643. The number of rotatable bonds is 7. The topological polar surface area (TPSA) is 84.9 Å². The summed E-state index contributed by atoms with van der Waals surface area (Å²) in [7, 11) is 1.44. The van der Waals surface area contributed by atoms with Crippen molar-refractivity contribution in [2.75, 3.05) is 13.7 Å². The maximum atomic E-state index is 11.7. The highest BCUT2D eigenvalue weighted by Crippen LogP contribution is 2.26. The second kappa shape index (κ2) is 8.22. The van der Waals surface area contributed by atoms with Crippen molar-refractivity contribution >= 4 is 18.0 Å². The van der Waals surface area contributed by atoms with Gasteiger partial charge in [-0.3, -0.25) is 4.79 Å². The molecule has 0 unspecified atom stereocenters. The molecule has 0 heterocycles. The van der Waals surface area contributed by atoms with E-state index in [1.54, 1.807) is 12.1 Å². The normalized spacial score (nSPS) is 11.3. The molecule has 0 radical (unpaired) electrons. The van der Waals surface area contributed by atoms with Gasteiger partial charge in [-0.2, -0.15) is 0 Å². The van der Waals surface area contributed by atoms with Crippen molar-refractivity contribution in [3.8, 4) is 11.5 Å². The number of esters is 1. The van der Waals surface area contributed by atoms with E-state index in [2.05, 4.69) is 5.32 Å². The van der Waals surface area contributed by atoms with Crippen molar-refractivity contribution in [1.82, 2.24) is 5.32 Å². The highest BCUT2D eigenvalue weighted by Gasteiger charge is 2.18. The Labute approximate surface area is 136 Å². The first kappa shape index (κ1) is 18.5. The van der Waals surface area contributed by atoms with Crippen LogP contribution in [-0.4, -0.2) is 36.2 Å². The molecule has 0 aromatic heterocycles. The van der Waals surface area contributed by atoms with Crippen LogP contribution in [0.3, 0.4) is 0 Å². The minimum absolute atomic E-state index is 0.0161. The van der Waals surface area contributed by atoms with Gasteiger partial charge in [0.15, 0.2) is 18.1 Å². The lowest BCUT2D eigenvalue weighted by atomic mass is 10.0. The Morgan fingerprint density at radius 2 is 2.04 bits per heavy atom. The Morgan fingerprint density at radius 3 is 2.65 bits per heavy atom. The lowest BCUT2D eigenvalue weighted by molar-refractivity contribution is -0.144. The number of ether oxygens (including phenoxy) is 2. The minimum Gasteiger partial charge on any atom is -0.504 e. The van der Waals surface area contributed by atoms with Gasteiger partial charge in [0.05, 0.1) is 7.11 Å². The molecule has 23 heavy (non-hydrogen) atoms. The predicted octanol–water partition coefficient (Wildman–Crippen LogP) is 2.26. The molecule has 126 valence electrons. The van der Waals surface area contributed by atoms with Crippen LogP contribution in [0.4, 0.5) is 0 Å². The fourth-order valence-electron chi connectivity index (χ4n) is 1.65. The summed E-state index contributed by atoms with van der Waals surface area (Å²) in [6, 6.07) is 4.66. The van der Waals surface area contributed by atoms with Gasteiger partial charge in [0.25, 0.3) is 5.91 Å². The second-order valence-electron chi connectivity index (χ2n) is 5.66. The number of methoxy groups -OCH3 is 1. The van der Waals surface area contributed by atoms with Crippen molar-refractivity contribution < 1.29 is 24.2 Å². The van der Waals surface area contributed by atoms with Gasteiger partial charge in [0.1, 0.15) is 0 Å². The van der Waals surface area contributed by atoms with Crippen LogP contribution < -0.4 is 10.1 Å². The molecule has 0 aliphatic carbocycles. The van der Waals surface area contributed by atoms with Crippen molar-refractivity contribution in [2.45, 2.75) is 32.7 Å². The van der Waals surface area contributed by atoms with Gasteiger partial charge in [0.2, 0.25) is 0 Å². The van der Waals surface area contributed by atoms with Gasteiger partial charge >= 0.3 is 5.97 Å². The van der Waals surface area contributed by atoms with Gasteiger partial charge in [-0.1, -0.05) is 13.0 Å². The average molecular weight is 321 g/mol. The third kappa shape index (κ3) is 6.42. The Hall–Kier alpha value is -2.50. The third-order valence-electron chi connectivity index (χ3n) is 3.32. The summed E-state index contributed by atoms with van der Waals surface area (Å²) < 4.78 is 9.85. The molecule has 0 bridgehead atoms. The number of hydrogen-bond acceptors (Lipinski definition) is 5. The number of benzene rings is 1. The first-order valence-corrected chi connectivity index (χ1v) is 7.30. The summed E-state index contributed by atoms with van der Waals surface area (Å²) in [5.41, 5.74) is 0.329. The second-order valence-corrected chi connectivity index (χ2v) is 5.66. The molecule has 1 rings (SSSR count). The standard InChI is InChI=1S/C17H23NO5/c1-5-17(2,3)18-15(20)11-23-16(21)9-7-12-6-8-13(19)14(10-12)22-4/h6-10,19H,5,11H2,1-4H3,(H,18,20)/b9-7+. The first-order valence-electron chi connectivity index (χ1n) is 7.30. The maximum absolute atomic E-state index is 11.7. The summed E-state index contributed by atoms with van der Waals surface area (Å²) in [6.07, 6.45) is 3.50. The number of phenolic OH excluding ortho intramolecular Hbond substituents is 1. The third-order valence-corrected chi connectivity index (χ3v) is 3.32. The molecule has 1 amide bonds. The molecule has 2 N–H and O–H groups in total. The molecular weight excluding hydrogens is 298 g/mol. The minimum atomic E-state index is -0.624. The van der Waals surface area contributed by atoms with Crippen LogP contribution in [0.2, 0.25) is 0 Å². The van der Waals surface area contributed by atoms with Gasteiger partial charge in [-0.15, -0.1) is 0 Å². The van der Waals surface area contributed by atoms with E-state index in [0.29, 0.717) is 11.3 Å². The van der Waals surface area contributed by atoms with E-state index in [1.165, 1.54) is 25.3 Å². The number of carbonyl (C=O) groups is 2. The zero-order valence-corrected chi connectivity index (χ0v) is 13.9. The van der Waals surface area contributed by atoms with Crippen LogP contribution in [0.15, 0.2) is 24.3 Å². The van der Waals surface area contributed by atoms with Gasteiger partial charge in [0, 0.05) is 11.6 Å². The van der Waals surface area contributed by atoms with Crippen molar-refractivity contribution in [3.63, 3.8) is 0 Å². The van der Waals surface area contributed by atoms with Crippen molar-refractivity contribution in [1.29, 1.82) is 0 Å². The quantitative estimate of drug-likeness (QED) is 0.594. The molecule has 6 nitrogen and oxygen atoms in total. The zero-order valence-electron chi connectivity index (χ0n) is 13.9. The molecule has 1 aromatic carbocycles. The van der Waals surface area contributed by atoms with Crippen LogP contribution in [0.1, 0.15) is 32.8 Å². The monoisotopic (exact) mass is 321 g/mol. The van der Waals surface area contributed by atoms with Gasteiger partial charge in [-0.05, 0) is 44.0 Å². The van der Waals surface area contributed by atoms with E-state index in [4.69, 9.17) is 9.47 Å². The van der Waals surface area contributed by atoms with Crippen LogP contribution in [-0.2, 0) is 14.3 Å². The number of carbonyl (C=O) groups excluding carboxylic acids is 2. The number of phenols is 1. The van der Waals surface area contributed by atoms with Gasteiger partial charge < -0.3 is 19.9 Å². The average Bonchev–Trinajstić information content (AvgIpc) is 2.51. The van der Waals surface area contributed by atoms with Gasteiger partial charge in [-0.25, -0.2) is 4.79 Å². The highest BCUT2D eigenvalue weighted by atomic mass is 16.5. The fourth-order valence-corrected chi connectivity index (χ4v) is 1.65. The number of aromatic hydroxyl groups is 1. The van der Waals surface area contributed by atoms with E-state index in [-0.39, 0.29) is 23.8 Å². The molecule has 0 aliphatic heterocycles. The SMILES string of the molecule is CCC(C)(C)NC(=O)COC(=O)/C=C/c1ccc(O)c(OC)c1. The molecule has 0 aliphatic rings. The summed E-state index contributed by atoms with van der Waals surface area (Å²) >= 11 is 0. The Bertz CT molecular complexity index is 593. The van der Waals surface area contributed by atoms with Crippen LogP contribution >= 0.6 is 0 Å². The van der Waals surface area contributed by atoms with Crippen LogP contribution in [0, 0.1) is 0 Å². The number of amides is 1. The number of nitrogens with one attached hydrogen (secondary N) is 1. The largest absolute Gasteiger partial charge is 0.504 e. The molecule has 0 fully saturated rings. The highest BCUT2D eigenvalue weighted by molar-refractivity contribution is 5.89. The maximum Gasteiger partial charge on any atom is 0.331 e. The van der Waals surface area contributed by atoms with E-state index in [9.17, 15) is 14.7 Å². The first-order chi connectivity index (χ1) is 10.8. The van der Waals surface area contributed by atoms with E-state index in [0.717, 1.165) is 6.42 Å². The zero-order chi connectivity index (χ0) is 17.5. The molecule has 0 saturated heterocycles. The van der Waals surface area contributed by atoms with E-state index >= 15 is 0 Å². The molecular formula is C17H23NO5. The number of hydrogen-bond donors (Lipinski definition) is 2. The molecule has 6 heteroatoms. The lowest BCUT2D eigenvalue weighted by Crippen LogP contribution is -2.44. The Balaban J connectivity index is 2.52. The summed E-state index contributed by atoms with van der Waals surface area (Å²) in [6.45, 7) is 5.42. The van der Waals surface area contributed by atoms with Crippen LogP contribution in [0.25, 0.3) is 6.08 Å². The summed E-state index contributed by atoms with van der Waals surface area (Å²) in [4.78, 5) is 23.3. The lowest BCUT2D eigenvalue weighted by Gasteiger charge is -2.24. The predicted molar refractivity (Wildman–Crippen MR) is 87.2 cm³/mol. The Kier molecular flexibility index (Phi) is 6.63. The summed E-state index contributed by atoms with van der Waals surface area (Å²) in [5, 5.41) is 12.3. The van der Waals surface area contributed by atoms with E-state index in [1.807, 2.05) is 20.8 Å². The van der Waals surface area contributed by atoms with Crippen molar-refractivity contribution in [3.05, 3.63) is 29.8 Å². The smallest absolute Gasteiger partial charge is 0.331 e. The van der Waals surface area contributed by atoms with Crippen LogP contribution in [0.5, 0.6) is 11.5 Å².